The number of rotatable bonds is 1. The third kappa shape index (κ3) is 3.01. The number of halogens is 2. The molecule has 0 aromatic heterocycles. The molecule has 6 heteroatoms. The van der Waals surface area contributed by atoms with E-state index in [2.05, 4.69) is 21.2 Å². The second kappa shape index (κ2) is 6.49. The second-order valence-electron chi connectivity index (χ2n) is 5.74. The molecule has 4 nitrogen and oxygen atoms in total. The Kier molecular flexibility index (Phi) is 4.56. The number of amides is 1. The van der Waals surface area contributed by atoms with E-state index < -0.39 is 6.04 Å². The van der Waals surface area contributed by atoms with Crippen LogP contribution in [0, 0.1) is 0 Å². The summed E-state index contributed by atoms with van der Waals surface area (Å²) in [7, 11) is 0. The molecule has 3 N–H and O–H groups in total. The summed E-state index contributed by atoms with van der Waals surface area (Å²) in [6.45, 7) is 3.65. The van der Waals surface area contributed by atoms with Crippen LogP contribution in [0.25, 0.3) is 5.70 Å². The molecule has 0 spiro atoms. The van der Waals surface area contributed by atoms with E-state index in [0.717, 1.165) is 27.1 Å². The number of benzene rings is 2. The number of nitrogens with one attached hydrogen (secondary N) is 1. The topological polar surface area (TPSA) is 58.4 Å². The maximum absolute atomic E-state index is 13.0. The third-order valence-corrected chi connectivity index (χ3v) is 4.65. The highest BCUT2D eigenvalue weighted by molar-refractivity contribution is 9.10. The molecule has 24 heavy (non-hydrogen) atoms. The van der Waals surface area contributed by atoms with Crippen LogP contribution >= 0.6 is 27.5 Å². The average molecular weight is 407 g/mol. The Morgan fingerprint density at radius 2 is 1.92 bits per heavy atom. The Morgan fingerprint density at radius 1 is 1.25 bits per heavy atom. The number of allylic oxidation sites excluding steroid dienone is 1. The summed E-state index contributed by atoms with van der Waals surface area (Å²) >= 11 is 9.48. The van der Waals surface area contributed by atoms with Gasteiger partial charge in [0.1, 0.15) is 6.04 Å². The van der Waals surface area contributed by atoms with E-state index in [9.17, 15) is 4.79 Å². The van der Waals surface area contributed by atoms with Crippen molar-refractivity contribution in [1.82, 2.24) is 5.32 Å². The van der Waals surface area contributed by atoms with Crippen LogP contribution in [0.15, 0.2) is 52.6 Å². The van der Waals surface area contributed by atoms with Crippen LogP contribution in [0.4, 0.5) is 11.4 Å². The fourth-order valence-corrected chi connectivity index (χ4v) is 3.23. The number of anilines is 2. The molecule has 0 saturated heterocycles. The van der Waals surface area contributed by atoms with Crippen molar-refractivity contribution in [1.29, 1.82) is 0 Å². The maximum atomic E-state index is 13.0. The molecule has 1 aliphatic heterocycles. The first-order chi connectivity index (χ1) is 11.4. The Morgan fingerprint density at radius 3 is 2.54 bits per heavy atom. The van der Waals surface area contributed by atoms with E-state index in [1.54, 1.807) is 17.0 Å². The summed E-state index contributed by atoms with van der Waals surface area (Å²) in [6, 6.07) is 12.6. The van der Waals surface area contributed by atoms with Gasteiger partial charge in [-0.25, -0.2) is 0 Å². The van der Waals surface area contributed by atoms with Gasteiger partial charge < -0.3 is 11.1 Å². The standard InChI is InChI=1S/C18H17BrClN3O/c1-10(21)17-15-8-3-12(19)9-16(15)23(18(24)11(2)22-17)14-6-4-13(20)5-7-14/h3-9,11,22H,21H2,1-2H3/b17-10-. The lowest BCUT2D eigenvalue weighted by atomic mass is 10.1. The van der Waals surface area contributed by atoms with Crippen LogP contribution in [-0.4, -0.2) is 11.9 Å². The Hall–Kier alpha value is -1.98. The molecule has 2 aromatic rings. The molecule has 0 radical (unpaired) electrons. The minimum absolute atomic E-state index is 0.0621. The lowest BCUT2D eigenvalue weighted by Crippen LogP contribution is -2.40. The first kappa shape index (κ1) is 16.9. The van der Waals surface area contributed by atoms with Crippen LogP contribution in [0.3, 0.4) is 0 Å². The van der Waals surface area contributed by atoms with Gasteiger partial charge in [-0.15, -0.1) is 0 Å². The van der Waals surface area contributed by atoms with Gasteiger partial charge in [-0.1, -0.05) is 27.5 Å². The normalized spacial score (nSPS) is 19.4. The Balaban J connectivity index is 2.28. The minimum Gasteiger partial charge on any atom is -0.401 e. The van der Waals surface area contributed by atoms with Gasteiger partial charge in [0.15, 0.2) is 0 Å². The maximum Gasteiger partial charge on any atom is 0.253 e. The van der Waals surface area contributed by atoms with Gasteiger partial charge in [0.25, 0.3) is 5.91 Å². The molecule has 0 bridgehead atoms. The quantitative estimate of drug-likeness (QED) is 0.737. The van der Waals surface area contributed by atoms with E-state index in [4.69, 9.17) is 17.3 Å². The molecule has 2 aromatic carbocycles. The van der Waals surface area contributed by atoms with E-state index in [0.29, 0.717) is 10.7 Å². The van der Waals surface area contributed by atoms with Gasteiger partial charge in [0.05, 0.1) is 11.4 Å². The molecule has 1 unspecified atom stereocenters. The van der Waals surface area contributed by atoms with Crippen molar-refractivity contribution in [3.63, 3.8) is 0 Å². The van der Waals surface area contributed by atoms with E-state index in [-0.39, 0.29) is 5.91 Å². The van der Waals surface area contributed by atoms with Crippen LogP contribution in [0.1, 0.15) is 19.4 Å². The largest absolute Gasteiger partial charge is 0.401 e. The van der Waals surface area contributed by atoms with Crippen molar-refractivity contribution in [3.05, 3.63) is 63.2 Å². The fourth-order valence-electron chi connectivity index (χ4n) is 2.75. The number of carbonyl (C=O) groups excluding carboxylic acids is 1. The van der Waals surface area contributed by atoms with E-state index in [1.807, 2.05) is 44.2 Å². The lowest BCUT2D eigenvalue weighted by molar-refractivity contribution is -0.119. The summed E-state index contributed by atoms with van der Waals surface area (Å²) < 4.78 is 0.886. The first-order valence-electron chi connectivity index (χ1n) is 7.51. The third-order valence-electron chi connectivity index (χ3n) is 3.90. The monoisotopic (exact) mass is 405 g/mol. The Bertz CT molecular complexity index is 829. The van der Waals surface area contributed by atoms with Crippen molar-refractivity contribution >= 4 is 50.5 Å². The zero-order chi connectivity index (χ0) is 17.4. The molecule has 1 amide bonds. The number of nitrogens with zero attached hydrogens (tertiary/aromatic N) is 1. The zero-order valence-electron chi connectivity index (χ0n) is 13.3. The molecule has 0 fully saturated rings. The fraction of sp³-hybridized carbons (Fsp3) is 0.167. The van der Waals surface area contributed by atoms with Crippen LogP contribution in [0.5, 0.6) is 0 Å². The van der Waals surface area contributed by atoms with Crippen LogP contribution < -0.4 is 16.0 Å². The molecule has 124 valence electrons. The van der Waals surface area contributed by atoms with Crippen molar-refractivity contribution in [2.24, 2.45) is 5.73 Å². The predicted octanol–water partition coefficient (Wildman–Crippen LogP) is 4.41. The number of hydrogen-bond acceptors (Lipinski definition) is 3. The zero-order valence-corrected chi connectivity index (χ0v) is 15.6. The van der Waals surface area contributed by atoms with Gasteiger partial charge in [-0.2, -0.15) is 0 Å². The molecule has 3 rings (SSSR count). The van der Waals surface area contributed by atoms with E-state index >= 15 is 0 Å². The highest BCUT2D eigenvalue weighted by atomic mass is 79.9. The van der Waals surface area contributed by atoms with Crippen molar-refractivity contribution in [2.45, 2.75) is 19.9 Å². The first-order valence-corrected chi connectivity index (χ1v) is 8.68. The number of fused-ring (bicyclic) bond motifs is 1. The van der Waals surface area contributed by atoms with Crippen molar-refractivity contribution < 1.29 is 4.79 Å². The summed E-state index contributed by atoms with van der Waals surface area (Å²) in [6.07, 6.45) is 0. The molecular formula is C18H17BrClN3O. The highest BCUT2D eigenvalue weighted by Gasteiger charge is 2.31. The molecular weight excluding hydrogens is 390 g/mol. The van der Waals surface area contributed by atoms with Gasteiger partial charge in [0.2, 0.25) is 0 Å². The SMILES string of the molecule is C/C(N)=C1/NC(C)C(=O)N(c2ccc(Cl)cc2)c2cc(Br)ccc21. The van der Waals surface area contributed by atoms with Crippen molar-refractivity contribution in [2.75, 3.05) is 4.90 Å². The van der Waals surface area contributed by atoms with Gasteiger partial charge >= 0.3 is 0 Å². The summed E-state index contributed by atoms with van der Waals surface area (Å²) in [5, 5.41) is 3.86. The van der Waals surface area contributed by atoms with Crippen LogP contribution in [-0.2, 0) is 4.79 Å². The summed E-state index contributed by atoms with van der Waals surface area (Å²) in [5.41, 5.74) is 9.88. The van der Waals surface area contributed by atoms with Gasteiger partial charge in [0, 0.05) is 26.4 Å². The molecule has 0 aliphatic carbocycles. The van der Waals surface area contributed by atoms with E-state index in [1.165, 1.54) is 0 Å². The Labute approximate surface area is 154 Å². The number of hydrogen-bond donors (Lipinski definition) is 2. The minimum atomic E-state index is -0.416. The smallest absolute Gasteiger partial charge is 0.253 e. The number of nitrogens with two attached hydrogens (primary N) is 1. The van der Waals surface area contributed by atoms with Gasteiger partial charge in [-0.3, -0.25) is 9.69 Å². The molecule has 1 aliphatic rings. The van der Waals surface area contributed by atoms with Gasteiger partial charge in [-0.05, 0) is 56.3 Å². The van der Waals surface area contributed by atoms with Crippen molar-refractivity contribution in [3.8, 4) is 0 Å². The lowest BCUT2D eigenvalue weighted by Gasteiger charge is -2.24. The predicted molar refractivity (Wildman–Crippen MR) is 102 cm³/mol. The average Bonchev–Trinajstić information content (AvgIpc) is 2.64. The molecule has 0 saturated carbocycles. The van der Waals surface area contributed by atoms with Crippen LogP contribution in [0.2, 0.25) is 5.02 Å². The highest BCUT2D eigenvalue weighted by Crippen LogP contribution is 2.37. The summed E-state index contributed by atoms with van der Waals surface area (Å²) in [4.78, 5) is 14.7. The summed E-state index contributed by atoms with van der Waals surface area (Å²) in [5.74, 6) is -0.0621. The number of carbonyl (C=O) groups is 1. The molecule has 1 heterocycles. The molecule has 1 atom stereocenters. The second-order valence-corrected chi connectivity index (χ2v) is 7.09.